The Morgan fingerprint density at radius 1 is 1.05 bits per heavy atom. The molecule has 0 aliphatic carbocycles. The molecule has 0 saturated carbocycles. The van der Waals surface area contributed by atoms with Gasteiger partial charge < -0.3 is 4.74 Å². The van der Waals surface area contributed by atoms with E-state index < -0.39 is 0 Å². The van der Waals surface area contributed by atoms with E-state index in [2.05, 4.69) is 18.2 Å². The summed E-state index contributed by atoms with van der Waals surface area (Å²) in [5.41, 5.74) is 3.31. The van der Waals surface area contributed by atoms with E-state index in [0.29, 0.717) is 13.1 Å². The van der Waals surface area contributed by atoms with Crippen molar-refractivity contribution in [2.75, 3.05) is 20.1 Å². The zero-order valence-corrected chi connectivity index (χ0v) is 11.9. The first-order valence-corrected chi connectivity index (χ1v) is 6.90. The van der Waals surface area contributed by atoms with E-state index in [1.54, 1.807) is 0 Å². The number of para-hydroxylation sites is 2. The molecule has 2 aromatic carbocycles. The average Bonchev–Trinajstić information content (AvgIpc) is 2.64. The predicted molar refractivity (Wildman–Crippen MR) is 83.9 cm³/mol. The number of likely N-dealkylation sites (N-methyl/N-ethyl adjacent to an activating group) is 1. The van der Waals surface area contributed by atoms with E-state index in [9.17, 15) is 0 Å². The molecule has 0 radical (unpaired) electrons. The van der Waals surface area contributed by atoms with Crippen LogP contribution in [0.4, 0.5) is 0 Å². The fraction of sp³-hybridized carbons (Fsp3) is 0.167. The summed E-state index contributed by atoms with van der Waals surface area (Å²) in [5.74, 6) is 1.72. The number of hydrogen-bond donors (Lipinski definition) is 0. The summed E-state index contributed by atoms with van der Waals surface area (Å²) in [7, 11) is 1.95. The minimum absolute atomic E-state index is 0.405. The molecular formula is C18H16N2O. The maximum Gasteiger partial charge on any atom is 0.135 e. The topological polar surface area (TPSA) is 36.3 Å². The van der Waals surface area contributed by atoms with Gasteiger partial charge >= 0.3 is 0 Å². The second-order valence-corrected chi connectivity index (χ2v) is 5.14. The number of benzene rings is 2. The second kappa shape index (κ2) is 5.82. The van der Waals surface area contributed by atoms with Crippen LogP contribution >= 0.6 is 0 Å². The molecule has 0 spiro atoms. The molecule has 0 unspecified atom stereocenters. The number of fused-ring (bicyclic) bond motifs is 2. The highest BCUT2D eigenvalue weighted by Gasteiger charge is 2.16. The van der Waals surface area contributed by atoms with Crippen LogP contribution in [0.2, 0.25) is 0 Å². The maximum absolute atomic E-state index is 8.84. The molecule has 1 aliphatic heterocycles. The minimum atomic E-state index is 0.405. The van der Waals surface area contributed by atoms with Crippen LogP contribution in [-0.2, 0) is 0 Å². The first-order chi connectivity index (χ1) is 10.3. The van der Waals surface area contributed by atoms with Gasteiger partial charge in [-0.3, -0.25) is 4.90 Å². The third-order valence-corrected chi connectivity index (χ3v) is 3.48. The molecular weight excluding hydrogens is 260 g/mol. The third-order valence-electron chi connectivity index (χ3n) is 3.48. The molecule has 1 heterocycles. The van der Waals surface area contributed by atoms with Crippen molar-refractivity contribution < 1.29 is 4.74 Å². The highest BCUT2D eigenvalue weighted by molar-refractivity contribution is 5.87. The van der Waals surface area contributed by atoms with E-state index in [4.69, 9.17) is 10.00 Å². The number of rotatable bonds is 3. The van der Waals surface area contributed by atoms with Gasteiger partial charge in [-0.2, -0.15) is 5.26 Å². The predicted octanol–water partition coefficient (Wildman–Crippen LogP) is 3.79. The molecule has 0 bridgehead atoms. The van der Waals surface area contributed by atoms with Crippen LogP contribution in [0.1, 0.15) is 11.1 Å². The van der Waals surface area contributed by atoms with Crippen molar-refractivity contribution in [1.82, 2.24) is 4.90 Å². The summed E-state index contributed by atoms with van der Waals surface area (Å²) in [4.78, 5) is 2.00. The second-order valence-electron chi connectivity index (χ2n) is 5.14. The Kier molecular flexibility index (Phi) is 3.72. The lowest BCUT2D eigenvalue weighted by Gasteiger charge is -2.16. The van der Waals surface area contributed by atoms with Gasteiger partial charge in [-0.25, -0.2) is 0 Å². The number of nitriles is 1. The van der Waals surface area contributed by atoms with E-state index in [1.165, 1.54) is 0 Å². The van der Waals surface area contributed by atoms with E-state index in [0.717, 1.165) is 28.2 Å². The standard InChI is InChI=1S/C18H16N2O/c1-20(11-10-19)13-15-12-14-6-2-4-8-17(14)21-18-9-5-3-7-16(15)18/h2-9,12H,11,13H2,1H3. The molecule has 0 atom stereocenters. The third kappa shape index (κ3) is 2.81. The van der Waals surface area contributed by atoms with Gasteiger partial charge in [0.15, 0.2) is 0 Å². The van der Waals surface area contributed by atoms with Gasteiger partial charge in [0.05, 0.1) is 12.6 Å². The molecule has 0 saturated heterocycles. The first-order valence-electron chi connectivity index (χ1n) is 6.90. The van der Waals surface area contributed by atoms with E-state index >= 15 is 0 Å². The van der Waals surface area contributed by atoms with Crippen molar-refractivity contribution in [2.24, 2.45) is 0 Å². The Hall–Kier alpha value is -2.57. The van der Waals surface area contributed by atoms with Crippen molar-refractivity contribution in [1.29, 1.82) is 5.26 Å². The van der Waals surface area contributed by atoms with Crippen LogP contribution in [0.15, 0.2) is 48.5 Å². The zero-order chi connectivity index (χ0) is 14.7. The summed E-state index contributed by atoms with van der Waals surface area (Å²) in [5, 5.41) is 8.84. The number of ether oxygens (including phenoxy) is 1. The molecule has 2 aromatic rings. The molecule has 0 amide bonds. The zero-order valence-electron chi connectivity index (χ0n) is 11.9. The fourth-order valence-corrected chi connectivity index (χ4v) is 2.50. The molecule has 0 aromatic heterocycles. The number of hydrogen-bond acceptors (Lipinski definition) is 3. The minimum Gasteiger partial charge on any atom is -0.456 e. The number of nitrogens with zero attached hydrogens (tertiary/aromatic N) is 2. The van der Waals surface area contributed by atoms with Crippen LogP contribution < -0.4 is 4.74 Å². The summed E-state index contributed by atoms with van der Waals surface area (Å²) in [6, 6.07) is 18.2. The molecule has 0 fully saturated rings. The monoisotopic (exact) mass is 276 g/mol. The first kappa shape index (κ1) is 13.4. The summed E-state index contributed by atoms with van der Waals surface area (Å²) in [6.07, 6.45) is 2.15. The van der Waals surface area contributed by atoms with E-state index in [1.807, 2.05) is 54.4 Å². The molecule has 3 nitrogen and oxygen atoms in total. The van der Waals surface area contributed by atoms with Gasteiger partial charge in [-0.05, 0) is 30.8 Å². The van der Waals surface area contributed by atoms with Gasteiger partial charge in [-0.15, -0.1) is 0 Å². The fourth-order valence-electron chi connectivity index (χ4n) is 2.50. The van der Waals surface area contributed by atoms with Crippen molar-refractivity contribution in [2.45, 2.75) is 0 Å². The lowest BCUT2D eigenvalue weighted by Crippen LogP contribution is -2.20. The van der Waals surface area contributed by atoms with Gasteiger partial charge in [0.25, 0.3) is 0 Å². The Morgan fingerprint density at radius 2 is 1.76 bits per heavy atom. The molecule has 3 rings (SSSR count). The van der Waals surface area contributed by atoms with Crippen LogP contribution in [0.25, 0.3) is 11.6 Å². The van der Waals surface area contributed by atoms with Crippen LogP contribution in [-0.4, -0.2) is 25.0 Å². The van der Waals surface area contributed by atoms with Crippen LogP contribution in [0.5, 0.6) is 11.5 Å². The van der Waals surface area contributed by atoms with Crippen LogP contribution in [0, 0.1) is 11.3 Å². The normalized spacial score (nSPS) is 12.5. The van der Waals surface area contributed by atoms with Crippen molar-refractivity contribution in [3.8, 4) is 17.6 Å². The largest absolute Gasteiger partial charge is 0.456 e. The van der Waals surface area contributed by atoms with Crippen LogP contribution in [0.3, 0.4) is 0 Å². The van der Waals surface area contributed by atoms with Crippen molar-refractivity contribution in [3.05, 3.63) is 59.7 Å². The van der Waals surface area contributed by atoms with Crippen molar-refractivity contribution >= 4 is 11.6 Å². The smallest absolute Gasteiger partial charge is 0.135 e. The highest BCUT2D eigenvalue weighted by Crippen LogP contribution is 2.37. The highest BCUT2D eigenvalue weighted by atomic mass is 16.5. The Balaban J connectivity index is 2.07. The molecule has 1 aliphatic rings. The molecule has 21 heavy (non-hydrogen) atoms. The summed E-state index contributed by atoms with van der Waals surface area (Å²) in [6.45, 7) is 1.12. The average molecular weight is 276 g/mol. The van der Waals surface area contributed by atoms with Gasteiger partial charge in [-0.1, -0.05) is 36.4 Å². The Bertz CT molecular complexity index is 728. The lowest BCUT2D eigenvalue weighted by atomic mass is 10.0. The SMILES string of the molecule is CN(CC#N)CC1=Cc2ccccc2Oc2ccccc21. The molecule has 104 valence electrons. The van der Waals surface area contributed by atoms with Crippen molar-refractivity contribution in [3.63, 3.8) is 0 Å². The van der Waals surface area contributed by atoms with E-state index in [-0.39, 0.29) is 0 Å². The van der Waals surface area contributed by atoms with Gasteiger partial charge in [0.2, 0.25) is 0 Å². The molecule has 0 N–H and O–H groups in total. The quantitative estimate of drug-likeness (QED) is 0.800. The maximum atomic E-state index is 8.84. The van der Waals surface area contributed by atoms with Gasteiger partial charge in [0, 0.05) is 17.7 Å². The Morgan fingerprint density at radius 3 is 2.57 bits per heavy atom. The van der Waals surface area contributed by atoms with Gasteiger partial charge in [0.1, 0.15) is 11.5 Å². The lowest BCUT2D eigenvalue weighted by molar-refractivity contribution is 0.422. The molecule has 3 heteroatoms. The Labute approximate surface area is 124 Å². The summed E-state index contributed by atoms with van der Waals surface area (Å²) >= 11 is 0. The summed E-state index contributed by atoms with van der Waals surface area (Å²) < 4.78 is 6.04.